The molecule has 0 atom stereocenters. The average Bonchev–Trinajstić information content (AvgIpc) is 2.18. The van der Waals surface area contributed by atoms with Gasteiger partial charge in [0.2, 0.25) is 0 Å². The molecule has 0 aliphatic carbocycles. The van der Waals surface area contributed by atoms with Crippen molar-refractivity contribution in [3.8, 4) is 5.75 Å². The van der Waals surface area contributed by atoms with E-state index in [1.807, 2.05) is 0 Å². The minimum absolute atomic E-state index is 0.0681. The van der Waals surface area contributed by atoms with Crippen LogP contribution in [0.4, 0.5) is 0 Å². The molecule has 0 N–H and O–H groups in total. The van der Waals surface area contributed by atoms with E-state index in [2.05, 4.69) is 4.85 Å². The van der Waals surface area contributed by atoms with Gasteiger partial charge in [-0.15, -0.1) is 0 Å². The molecule has 0 bridgehead atoms. The minimum atomic E-state index is -3.53. The molecule has 0 heterocycles. The lowest BCUT2D eigenvalue weighted by molar-refractivity contribution is 0.403. The topological polar surface area (TPSA) is 47.7 Å². The summed E-state index contributed by atoms with van der Waals surface area (Å²) in [6.07, 6.45) is 0. The van der Waals surface area contributed by atoms with Gasteiger partial charge in [0.05, 0.1) is 7.11 Å². The van der Waals surface area contributed by atoms with Crippen LogP contribution >= 0.6 is 0 Å². The summed E-state index contributed by atoms with van der Waals surface area (Å²) in [6, 6.07) is 6.26. The number of methoxy groups -OCH3 is 1. The summed E-state index contributed by atoms with van der Waals surface area (Å²) >= 11 is 0. The summed E-state index contributed by atoms with van der Waals surface area (Å²) in [5, 5.41) is 0. The van der Waals surface area contributed by atoms with Crippen molar-refractivity contribution in [1.29, 1.82) is 0 Å². The Morgan fingerprint density at radius 1 is 1.43 bits per heavy atom. The minimum Gasteiger partial charge on any atom is -0.495 e. The summed E-state index contributed by atoms with van der Waals surface area (Å²) in [5.74, 6) is -0.274. The highest BCUT2D eigenvalue weighted by atomic mass is 32.2. The zero-order valence-corrected chi connectivity index (χ0v) is 8.41. The molecule has 0 unspecified atom stereocenters. The van der Waals surface area contributed by atoms with Crippen molar-refractivity contribution in [2.24, 2.45) is 0 Å². The molecule has 1 aromatic rings. The van der Waals surface area contributed by atoms with Crippen molar-refractivity contribution < 1.29 is 13.2 Å². The van der Waals surface area contributed by atoms with Crippen LogP contribution in [0.3, 0.4) is 0 Å². The second-order valence-electron chi connectivity index (χ2n) is 2.55. The van der Waals surface area contributed by atoms with Gasteiger partial charge in [-0.3, -0.25) is 4.85 Å². The first kappa shape index (κ1) is 10.5. The summed E-state index contributed by atoms with van der Waals surface area (Å²) in [7, 11) is -2.14. The average molecular weight is 211 g/mol. The van der Waals surface area contributed by atoms with Crippen molar-refractivity contribution in [2.45, 2.75) is 4.90 Å². The summed E-state index contributed by atoms with van der Waals surface area (Å²) < 4.78 is 27.9. The van der Waals surface area contributed by atoms with E-state index in [9.17, 15) is 8.42 Å². The number of hydrogen-bond donors (Lipinski definition) is 0. The molecule has 4 nitrogen and oxygen atoms in total. The zero-order valence-electron chi connectivity index (χ0n) is 7.60. The number of rotatable bonds is 3. The lowest BCUT2D eigenvalue weighted by Gasteiger charge is -2.04. The van der Waals surface area contributed by atoms with E-state index in [1.54, 1.807) is 18.2 Å². The van der Waals surface area contributed by atoms with E-state index in [1.165, 1.54) is 13.2 Å². The van der Waals surface area contributed by atoms with Crippen LogP contribution in [0.1, 0.15) is 0 Å². The Balaban J connectivity index is 3.26. The van der Waals surface area contributed by atoms with Gasteiger partial charge in [0.15, 0.2) is 0 Å². The van der Waals surface area contributed by atoms with Crippen LogP contribution in [0.5, 0.6) is 5.75 Å². The van der Waals surface area contributed by atoms with Crippen LogP contribution in [0.25, 0.3) is 4.85 Å². The van der Waals surface area contributed by atoms with Crippen LogP contribution in [0.15, 0.2) is 29.2 Å². The molecule has 1 aromatic carbocycles. The summed E-state index contributed by atoms with van der Waals surface area (Å²) in [6.45, 7) is 6.54. The summed E-state index contributed by atoms with van der Waals surface area (Å²) in [4.78, 5) is 2.93. The van der Waals surface area contributed by atoms with E-state index in [0.717, 1.165) is 0 Å². The number of ether oxygens (including phenoxy) is 1. The highest BCUT2D eigenvalue weighted by molar-refractivity contribution is 7.91. The van der Waals surface area contributed by atoms with Gasteiger partial charge in [-0.25, -0.2) is 15.0 Å². The maximum absolute atomic E-state index is 11.5. The predicted molar refractivity (Wildman–Crippen MR) is 51.6 cm³/mol. The molecule has 5 heteroatoms. The molecule has 1 rings (SSSR count). The van der Waals surface area contributed by atoms with Gasteiger partial charge in [-0.2, -0.15) is 0 Å². The van der Waals surface area contributed by atoms with E-state index < -0.39 is 15.7 Å². The van der Waals surface area contributed by atoms with Crippen molar-refractivity contribution >= 4 is 9.84 Å². The standard InChI is InChI=1S/C9H9NO3S/c1-10-7-14(11,12)9-6-4-3-5-8(9)13-2/h3-6H,7H2,2H3. The molecule has 0 spiro atoms. The fraction of sp³-hybridized carbons (Fsp3) is 0.222. The Hall–Kier alpha value is -1.54. The summed E-state index contributed by atoms with van der Waals surface area (Å²) in [5.41, 5.74) is 0. The van der Waals surface area contributed by atoms with Crippen LogP contribution in [-0.4, -0.2) is 21.4 Å². The maximum atomic E-state index is 11.5. The van der Waals surface area contributed by atoms with Gasteiger partial charge in [0, 0.05) is 0 Å². The first-order chi connectivity index (χ1) is 6.61. The molecule has 0 amide bonds. The van der Waals surface area contributed by atoms with Gasteiger partial charge in [-0.05, 0) is 12.1 Å². The van der Waals surface area contributed by atoms with E-state index >= 15 is 0 Å². The largest absolute Gasteiger partial charge is 0.495 e. The number of nitrogens with zero attached hydrogens (tertiary/aromatic N) is 1. The Kier molecular flexibility index (Phi) is 3.10. The third-order valence-corrected chi connectivity index (χ3v) is 3.12. The number of para-hydroxylation sites is 1. The van der Waals surface area contributed by atoms with Crippen molar-refractivity contribution in [3.05, 3.63) is 35.7 Å². The fourth-order valence-electron chi connectivity index (χ4n) is 1.03. The molecular formula is C9H9NO3S. The highest BCUT2D eigenvalue weighted by Crippen LogP contribution is 2.23. The lowest BCUT2D eigenvalue weighted by atomic mass is 10.3. The van der Waals surface area contributed by atoms with Crippen LogP contribution in [0.2, 0.25) is 0 Å². The van der Waals surface area contributed by atoms with E-state index in [4.69, 9.17) is 11.3 Å². The molecule has 0 saturated heterocycles. The Labute approximate surface area is 82.9 Å². The van der Waals surface area contributed by atoms with Crippen LogP contribution in [-0.2, 0) is 9.84 Å². The smallest absolute Gasteiger partial charge is 0.316 e. The van der Waals surface area contributed by atoms with Gasteiger partial charge < -0.3 is 4.74 Å². The van der Waals surface area contributed by atoms with Crippen molar-refractivity contribution in [1.82, 2.24) is 0 Å². The first-order valence-corrected chi connectivity index (χ1v) is 5.46. The van der Waals surface area contributed by atoms with Crippen molar-refractivity contribution in [2.75, 3.05) is 13.0 Å². The van der Waals surface area contributed by atoms with E-state index in [0.29, 0.717) is 0 Å². The third kappa shape index (κ3) is 2.03. The molecule has 0 fully saturated rings. The Bertz CT molecular complexity index is 459. The molecule has 0 saturated carbocycles. The number of hydrogen-bond acceptors (Lipinski definition) is 3. The molecule has 0 aliphatic heterocycles. The van der Waals surface area contributed by atoms with Crippen molar-refractivity contribution in [3.63, 3.8) is 0 Å². The van der Waals surface area contributed by atoms with Gasteiger partial charge >= 0.3 is 5.88 Å². The van der Waals surface area contributed by atoms with Gasteiger partial charge in [0.1, 0.15) is 10.6 Å². The molecule has 14 heavy (non-hydrogen) atoms. The molecule has 0 aliphatic rings. The highest BCUT2D eigenvalue weighted by Gasteiger charge is 2.21. The van der Waals surface area contributed by atoms with E-state index in [-0.39, 0.29) is 10.6 Å². The normalized spacial score (nSPS) is 10.6. The first-order valence-electron chi connectivity index (χ1n) is 3.81. The van der Waals surface area contributed by atoms with Crippen LogP contribution in [0, 0.1) is 6.57 Å². The fourth-order valence-corrected chi connectivity index (χ4v) is 2.08. The Morgan fingerprint density at radius 3 is 2.64 bits per heavy atom. The molecule has 0 radical (unpaired) electrons. The number of benzene rings is 1. The lowest BCUT2D eigenvalue weighted by Crippen LogP contribution is -2.05. The SMILES string of the molecule is [C-]#[N+]CS(=O)(=O)c1ccccc1OC. The van der Waals surface area contributed by atoms with Gasteiger partial charge in [0.25, 0.3) is 9.84 Å². The Morgan fingerprint density at radius 2 is 2.07 bits per heavy atom. The zero-order chi connectivity index (χ0) is 10.6. The third-order valence-electron chi connectivity index (χ3n) is 1.64. The second kappa shape index (κ2) is 4.11. The molecular weight excluding hydrogens is 202 g/mol. The van der Waals surface area contributed by atoms with Gasteiger partial charge in [-0.1, -0.05) is 12.1 Å². The van der Waals surface area contributed by atoms with Crippen LogP contribution < -0.4 is 4.74 Å². The quantitative estimate of drug-likeness (QED) is 0.709. The molecule has 0 aromatic heterocycles. The predicted octanol–water partition coefficient (Wildman–Crippen LogP) is 1.35. The molecule has 74 valence electrons. The number of sulfone groups is 1. The monoisotopic (exact) mass is 211 g/mol. The maximum Gasteiger partial charge on any atom is 0.316 e. The second-order valence-corrected chi connectivity index (χ2v) is 4.48.